The second-order valence-electron chi connectivity index (χ2n) is 4.88. The van der Waals surface area contributed by atoms with Gasteiger partial charge in [-0.05, 0) is 12.1 Å². The third-order valence-electron chi connectivity index (χ3n) is 2.97. The zero-order valence-corrected chi connectivity index (χ0v) is 12.4. The van der Waals surface area contributed by atoms with Crippen molar-refractivity contribution >= 4 is 23.0 Å². The molecule has 0 amide bonds. The third kappa shape index (κ3) is 3.06. The number of rotatable bonds is 5. The number of nitro groups is 1. The van der Waals surface area contributed by atoms with E-state index >= 15 is 0 Å². The molecule has 0 spiro atoms. The van der Waals surface area contributed by atoms with E-state index in [1.54, 1.807) is 37.3 Å². The van der Waals surface area contributed by atoms with E-state index < -0.39 is 4.92 Å². The lowest BCUT2D eigenvalue weighted by Gasteiger charge is -2.14. The van der Waals surface area contributed by atoms with Gasteiger partial charge in [0.2, 0.25) is 18.4 Å². The molecule has 2 N–H and O–H groups in total. The van der Waals surface area contributed by atoms with E-state index in [1.165, 1.54) is 6.33 Å². The Kier molecular flexibility index (Phi) is 3.81. The molecular weight excluding hydrogens is 304 g/mol. The van der Waals surface area contributed by atoms with Crippen LogP contribution in [0.4, 0.5) is 23.0 Å². The molecule has 3 rings (SSSR count). The average molecular weight is 318 g/mol. The first kappa shape index (κ1) is 14.8. The number of ether oxygens (including phenoxy) is 2. The van der Waals surface area contributed by atoms with E-state index in [0.717, 1.165) is 0 Å². The van der Waals surface area contributed by atoms with Crippen molar-refractivity contribution in [3.8, 4) is 11.5 Å². The first-order chi connectivity index (χ1) is 11.0. The van der Waals surface area contributed by atoms with Gasteiger partial charge in [0, 0.05) is 25.8 Å². The molecular formula is C13H14N6O4. The molecule has 0 bridgehead atoms. The Morgan fingerprint density at radius 3 is 2.70 bits per heavy atom. The Morgan fingerprint density at radius 2 is 1.96 bits per heavy atom. The maximum Gasteiger partial charge on any atom is 0.354 e. The van der Waals surface area contributed by atoms with Crippen LogP contribution >= 0.6 is 0 Å². The number of hydrogen-bond acceptors (Lipinski definition) is 9. The van der Waals surface area contributed by atoms with Gasteiger partial charge in [0.25, 0.3) is 0 Å². The topological polar surface area (TPSA) is 115 Å². The lowest BCUT2D eigenvalue weighted by Crippen LogP contribution is -2.21. The monoisotopic (exact) mass is 318 g/mol. The number of hydrogen-bond donors (Lipinski definition) is 2. The molecule has 0 unspecified atom stereocenters. The Hall–Kier alpha value is -3.14. The van der Waals surface area contributed by atoms with Gasteiger partial charge in [-0.1, -0.05) is 0 Å². The number of fused-ring (bicyclic) bond motifs is 1. The summed E-state index contributed by atoms with van der Waals surface area (Å²) in [6, 6.07) is 5.13. The molecule has 0 aliphatic carbocycles. The van der Waals surface area contributed by atoms with Crippen molar-refractivity contribution in [1.29, 1.82) is 0 Å². The predicted molar refractivity (Wildman–Crippen MR) is 81.8 cm³/mol. The van der Waals surface area contributed by atoms with Crippen LogP contribution in [0.5, 0.6) is 11.5 Å². The molecule has 10 heteroatoms. The molecule has 1 aliphatic rings. The summed E-state index contributed by atoms with van der Waals surface area (Å²) in [7, 11) is 3.41. The van der Waals surface area contributed by atoms with Crippen LogP contribution in [-0.2, 0) is 0 Å². The lowest BCUT2D eigenvalue weighted by molar-refractivity contribution is -0.383. The van der Waals surface area contributed by atoms with Crippen molar-refractivity contribution in [1.82, 2.24) is 15.0 Å². The maximum atomic E-state index is 11.4. The van der Waals surface area contributed by atoms with Crippen molar-refractivity contribution in [2.45, 2.75) is 0 Å². The van der Waals surface area contributed by atoms with Gasteiger partial charge in [0.1, 0.15) is 6.33 Å². The van der Waals surface area contributed by atoms with Crippen LogP contribution in [0.3, 0.4) is 0 Å². The van der Waals surface area contributed by atoms with Crippen LogP contribution in [0.25, 0.3) is 0 Å². The number of nitrogens with one attached hydrogen (secondary N) is 2. The average Bonchev–Trinajstić information content (AvgIpc) is 2.94. The fraction of sp³-hybridized carbons (Fsp3) is 0.231. The van der Waals surface area contributed by atoms with Crippen LogP contribution in [0.15, 0.2) is 24.5 Å². The highest BCUT2D eigenvalue weighted by atomic mass is 16.7. The van der Waals surface area contributed by atoms with Gasteiger partial charge in [-0.3, -0.25) is 15.5 Å². The molecule has 1 aliphatic heterocycles. The van der Waals surface area contributed by atoms with Crippen LogP contribution in [0.1, 0.15) is 0 Å². The van der Waals surface area contributed by atoms with Gasteiger partial charge in [0.05, 0.1) is 4.92 Å². The molecule has 1 aromatic heterocycles. The van der Waals surface area contributed by atoms with E-state index in [9.17, 15) is 10.1 Å². The fourth-order valence-corrected chi connectivity index (χ4v) is 2.05. The quantitative estimate of drug-likeness (QED) is 0.628. The van der Waals surface area contributed by atoms with Gasteiger partial charge in [-0.15, -0.1) is 0 Å². The van der Waals surface area contributed by atoms with Crippen LogP contribution in [0, 0.1) is 10.1 Å². The third-order valence-corrected chi connectivity index (χ3v) is 2.97. The molecule has 0 radical (unpaired) electrons. The first-order valence-corrected chi connectivity index (χ1v) is 6.64. The minimum atomic E-state index is -0.541. The van der Waals surface area contributed by atoms with Crippen LogP contribution in [0.2, 0.25) is 0 Å². The van der Waals surface area contributed by atoms with Gasteiger partial charge in [-0.25, -0.2) is 15.0 Å². The smallest absolute Gasteiger partial charge is 0.354 e. The second kappa shape index (κ2) is 5.93. The summed E-state index contributed by atoms with van der Waals surface area (Å²) in [5.74, 6) is 1.37. The van der Waals surface area contributed by atoms with Crippen molar-refractivity contribution < 1.29 is 14.4 Å². The second-order valence-corrected chi connectivity index (χ2v) is 4.88. The zero-order valence-electron chi connectivity index (χ0n) is 12.4. The number of aromatic nitrogens is 2. The van der Waals surface area contributed by atoms with Gasteiger partial charge < -0.3 is 14.8 Å². The molecule has 0 fully saturated rings. The lowest BCUT2D eigenvalue weighted by atomic mass is 10.2. The molecule has 0 saturated carbocycles. The Balaban J connectivity index is 1.94. The van der Waals surface area contributed by atoms with Crippen LogP contribution < -0.4 is 20.2 Å². The van der Waals surface area contributed by atoms with Crippen LogP contribution in [-0.4, -0.2) is 40.8 Å². The minimum absolute atomic E-state index is 0.0771. The van der Waals surface area contributed by atoms with E-state index in [-0.39, 0.29) is 24.1 Å². The first-order valence-electron chi connectivity index (χ1n) is 6.64. The molecule has 120 valence electrons. The van der Waals surface area contributed by atoms with E-state index in [4.69, 9.17) is 9.47 Å². The van der Waals surface area contributed by atoms with E-state index in [0.29, 0.717) is 17.2 Å². The molecule has 10 nitrogen and oxygen atoms in total. The number of nitrogens with zero attached hydrogens (tertiary/aromatic N) is 4. The summed E-state index contributed by atoms with van der Waals surface area (Å²) in [4.78, 5) is 18.7. The van der Waals surface area contributed by atoms with Gasteiger partial charge >= 0.3 is 5.69 Å². The van der Waals surface area contributed by atoms with Crippen molar-refractivity contribution in [2.75, 3.05) is 31.6 Å². The summed E-state index contributed by atoms with van der Waals surface area (Å²) in [5, 5.41) is 15.8. The summed E-state index contributed by atoms with van der Waals surface area (Å²) in [6.45, 7) is 0.156. The van der Waals surface area contributed by atoms with Gasteiger partial charge in [0.15, 0.2) is 11.5 Å². The highest BCUT2D eigenvalue weighted by molar-refractivity contribution is 5.74. The SMILES string of the molecule is CN(C)Nc1ncnc(Nc2ccc3c(c2)OCO3)c1[N+](=O)[O-]. The highest BCUT2D eigenvalue weighted by Gasteiger charge is 2.24. The number of benzene rings is 1. The number of hydrazine groups is 1. The molecule has 0 saturated heterocycles. The predicted octanol–water partition coefficient (Wildman–Crippen LogP) is 1.75. The summed E-state index contributed by atoms with van der Waals surface area (Å²) < 4.78 is 10.5. The van der Waals surface area contributed by atoms with Crippen molar-refractivity contribution in [3.63, 3.8) is 0 Å². The minimum Gasteiger partial charge on any atom is -0.454 e. The zero-order chi connectivity index (χ0) is 16.4. The molecule has 2 heterocycles. The number of anilines is 3. The standard InChI is InChI=1S/C13H14N6O4/c1-18(2)17-13-11(19(20)21)12(14-6-15-13)16-8-3-4-9-10(5-8)23-7-22-9/h3-6H,7H2,1-2H3,(H2,14,15,16,17). The molecule has 2 aromatic rings. The summed E-state index contributed by atoms with van der Waals surface area (Å²) in [5.41, 5.74) is 3.12. The largest absolute Gasteiger partial charge is 0.454 e. The van der Waals surface area contributed by atoms with Gasteiger partial charge in [-0.2, -0.15) is 0 Å². The Morgan fingerprint density at radius 1 is 1.22 bits per heavy atom. The van der Waals surface area contributed by atoms with E-state index in [2.05, 4.69) is 20.7 Å². The molecule has 23 heavy (non-hydrogen) atoms. The summed E-state index contributed by atoms with van der Waals surface area (Å²) >= 11 is 0. The summed E-state index contributed by atoms with van der Waals surface area (Å²) in [6.07, 6.45) is 1.24. The highest BCUT2D eigenvalue weighted by Crippen LogP contribution is 2.37. The maximum absolute atomic E-state index is 11.4. The molecule has 1 aromatic carbocycles. The Labute approximate surface area is 131 Å². The molecule has 0 atom stereocenters. The Bertz CT molecular complexity index is 751. The fourth-order valence-electron chi connectivity index (χ4n) is 2.05. The normalized spacial score (nSPS) is 12.3. The van der Waals surface area contributed by atoms with E-state index in [1.807, 2.05) is 0 Å². The van der Waals surface area contributed by atoms with Crippen molar-refractivity contribution in [3.05, 3.63) is 34.6 Å². The van der Waals surface area contributed by atoms with Crippen molar-refractivity contribution in [2.24, 2.45) is 0 Å².